The Bertz CT molecular complexity index is 1310. The van der Waals surface area contributed by atoms with E-state index in [4.69, 9.17) is 0 Å². The second kappa shape index (κ2) is 9.49. The van der Waals surface area contributed by atoms with Crippen molar-refractivity contribution in [2.24, 2.45) is 0 Å². The minimum absolute atomic E-state index is 0.0506. The van der Waals surface area contributed by atoms with E-state index in [1.165, 1.54) is 12.1 Å². The standard InChI is InChI=1S/C20H16FN3O7S/c21-15-6-8-17(18(10-15)24(27)28)23-19(25)12-31-20(26)11-22-32(29,30)16-7-5-13-3-1-2-4-14(13)9-16/h1-10,22H,11-12H2,(H,23,25). The number of anilines is 1. The lowest BCUT2D eigenvalue weighted by Crippen LogP contribution is -2.32. The van der Waals surface area contributed by atoms with Gasteiger partial charge in [0.05, 0.1) is 15.9 Å². The van der Waals surface area contributed by atoms with Crippen molar-refractivity contribution in [2.45, 2.75) is 4.90 Å². The first-order valence-electron chi connectivity index (χ1n) is 9.03. The average molecular weight is 461 g/mol. The quantitative estimate of drug-likeness (QED) is 0.298. The van der Waals surface area contributed by atoms with Crippen molar-refractivity contribution < 1.29 is 32.1 Å². The Balaban J connectivity index is 1.54. The molecule has 3 rings (SSSR count). The van der Waals surface area contributed by atoms with Gasteiger partial charge in [-0.25, -0.2) is 12.8 Å². The van der Waals surface area contributed by atoms with Crippen LogP contribution in [0.15, 0.2) is 65.6 Å². The maximum Gasteiger partial charge on any atom is 0.321 e. The molecule has 12 heteroatoms. The second-order valence-electron chi connectivity index (χ2n) is 6.46. The zero-order chi connectivity index (χ0) is 23.3. The van der Waals surface area contributed by atoms with E-state index in [0.717, 1.165) is 17.5 Å². The Morgan fingerprint density at radius 2 is 1.75 bits per heavy atom. The normalized spacial score (nSPS) is 11.2. The van der Waals surface area contributed by atoms with Crippen molar-refractivity contribution in [3.05, 3.63) is 76.6 Å². The molecule has 2 N–H and O–H groups in total. The average Bonchev–Trinajstić information content (AvgIpc) is 2.77. The molecule has 166 valence electrons. The van der Waals surface area contributed by atoms with Crippen LogP contribution in [-0.4, -0.2) is 38.4 Å². The lowest BCUT2D eigenvalue weighted by atomic mass is 10.1. The molecule has 0 atom stereocenters. The Morgan fingerprint density at radius 3 is 2.47 bits per heavy atom. The van der Waals surface area contributed by atoms with E-state index in [0.29, 0.717) is 11.5 Å². The third-order valence-electron chi connectivity index (χ3n) is 4.23. The number of ether oxygens (including phenoxy) is 1. The van der Waals surface area contributed by atoms with Gasteiger partial charge < -0.3 is 10.1 Å². The first-order chi connectivity index (χ1) is 15.2. The van der Waals surface area contributed by atoms with E-state index in [1.54, 1.807) is 18.2 Å². The van der Waals surface area contributed by atoms with Crippen molar-refractivity contribution in [3.63, 3.8) is 0 Å². The maximum absolute atomic E-state index is 13.1. The summed E-state index contributed by atoms with van der Waals surface area (Å²) in [6, 6.07) is 14.1. The Morgan fingerprint density at radius 1 is 1.03 bits per heavy atom. The minimum Gasteiger partial charge on any atom is -0.455 e. The van der Waals surface area contributed by atoms with Gasteiger partial charge in [0.25, 0.3) is 11.6 Å². The molecule has 0 unspecified atom stereocenters. The second-order valence-corrected chi connectivity index (χ2v) is 8.23. The zero-order valence-electron chi connectivity index (χ0n) is 16.3. The Hall–Kier alpha value is -3.90. The molecule has 1 amide bonds. The zero-order valence-corrected chi connectivity index (χ0v) is 17.1. The number of nitrogens with one attached hydrogen (secondary N) is 2. The van der Waals surface area contributed by atoms with Crippen molar-refractivity contribution >= 4 is 44.0 Å². The molecule has 0 saturated heterocycles. The lowest BCUT2D eigenvalue weighted by Gasteiger charge is -2.09. The van der Waals surface area contributed by atoms with E-state index < -0.39 is 51.5 Å². The molecule has 0 spiro atoms. The molecule has 0 fully saturated rings. The van der Waals surface area contributed by atoms with Crippen LogP contribution in [0.3, 0.4) is 0 Å². The molecule has 32 heavy (non-hydrogen) atoms. The summed E-state index contributed by atoms with van der Waals surface area (Å²) >= 11 is 0. The number of sulfonamides is 1. The highest BCUT2D eigenvalue weighted by Gasteiger charge is 2.19. The molecule has 10 nitrogen and oxygen atoms in total. The minimum atomic E-state index is -4.02. The van der Waals surface area contributed by atoms with Crippen molar-refractivity contribution in [1.82, 2.24) is 4.72 Å². The van der Waals surface area contributed by atoms with Gasteiger partial charge in [-0.15, -0.1) is 0 Å². The van der Waals surface area contributed by atoms with Gasteiger partial charge in [-0.05, 0) is 35.0 Å². The number of fused-ring (bicyclic) bond motifs is 1. The molecule has 0 bridgehead atoms. The van der Waals surface area contributed by atoms with E-state index in [-0.39, 0.29) is 10.6 Å². The van der Waals surface area contributed by atoms with Gasteiger partial charge in [0.1, 0.15) is 18.0 Å². The summed E-state index contributed by atoms with van der Waals surface area (Å²) in [5, 5.41) is 14.6. The molecule has 0 aliphatic carbocycles. The monoisotopic (exact) mass is 461 g/mol. The topological polar surface area (TPSA) is 145 Å². The number of nitrogens with zero attached hydrogens (tertiary/aromatic N) is 1. The summed E-state index contributed by atoms with van der Waals surface area (Å²) in [6.45, 7) is -1.57. The molecule has 3 aromatic rings. The first kappa shape index (κ1) is 22.8. The number of nitro benzene ring substituents is 1. The molecule has 0 aliphatic heterocycles. The number of hydrogen-bond donors (Lipinski definition) is 2. The predicted molar refractivity (Wildman–Crippen MR) is 112 cm³/mol. The summed E-state index contributed by atoms with van der Waals surface area (Å²) in [4.78, 5) is 33.7. The largest absolute Gasteiger partial charge is 0.455 e. The number of carbonyl (C=O) groups excluding carboxylic acids is 2. The van der Waals surface area contributed by atoms with Gasteiger partial charge in [0.15, 0.2) is 6.61 Å². The number of rotatable bonds is 8. The number of benzene rings is 3. The number of amides is 1. The van der Waals surface area contributed by atoms with E-state index in [2.05, 4.69) is 14.8 Å². The third kappa shape index (κ3) is 5.62. The Labute approximate surface area is 181 Å². The van der Waals surface area contributed by atoms with Crippen LogP contribution in [0, 0.1) is 15.9 Å². The van der Waals surface area contributed by atoms with Crippen LogP contribution in [-0.2, 0) is 24.3 Å². The fourth-order valence-electron chi connectivity index (χ4n) is 2.72. The summed E-state index contributed by atoms with van der Waals surface area (Å²) in [7, 11) is -4.02. The molecule has 0 radical (unpaired) electrons. The van der Waals surface area contributed by atoms with Crippen LogP contribution < -0.4 is 10.0 Å². The lowest BCUT2D eigenvalue weighted by molar-refractivity contribution is -0.384. The molecule has 0 heterocycles. The van der Waals surface area contributed by atoms with Crippen molar-refractivity contribution in [3.8, 4) is 0 Å². The molecular formula is C20H16FN3O7S. The van der Waals surface area contributed by atoms with E-state index in [9.17, 15) is 32.5 Å². The summed E-state index contributed by atoms with van der Waals surface area (Å²) in [5.41, 5.74) is -0.956. The number of halogens is 1. The fraction of sp³-hybridized carbons (Fsp3) is 0.100. The van der Waals surface area contributed by atoms with Gasteiger partial charge in [0, 0.05) is 0 Å². The molecular weight excluding hydrogens is 445 g/mol. The maximum atomic E-state index is 13.1. The highest BCUT2D eigenvalue weighted by Crippen LogP contribution is 2.24. The summed E-state index contributed by atoms with van der Waals surface area (Å²) < 4.78 is 44.7. The van der Waals surface area contributed by atoms with Gasteiger partial charge >= 0.3 is 5.97 Å². The molecule has 0 aromatic heterocycles. The highest BCUT2D eigenvalue weighted by molar-refractivity contribution is 7.89. The van der Waals surface area contributed by atoms with Crippen LogP contribution in [0.2, 0.25) is 0 Å². The van der Waals surface area contributed by atoms with Crippen LogP contribution in [0.1, 0.15) is 0 Å². The fourth-order valence-corrected chi connectivity index (χ4v) is 3.72. The number of esters is 1. The third-order valence-corrected chi connectivity index (χ3v) is 5.63. The molecule has 0 aliphatic rings. The van der Waals surface area contributed by atoms with Crippen LogP contribution in [0.4, 0.5) is 15.8 Å². The van der Waals surface area contributed by atoms with E-state index in [1.807, 2.05) is 12.1 Å². The van der Waals surface area contributed by atoms with Gasteiger partial charge in [-0.3, -0.25) is 19.7 Å². The van der Waals surface area contributed by atoms with Crippen LogP contribution in [0.5, 0.6) is 0 Å². The summed E-state index contributed by atoms with van der Waals surface area (Å²) in [6.07, 6.45) is 0. The number of carbonyl (C=O) groups is 2. The van der Waals surface area contributed by atoms with Crippen molar-refractivity contribution in [2.75, 3.05) is 18.5 Å². The number of nitro groups is 1. The van der Waals surface area contributed by atoms with E-state index >= 15 is 0 Å². The van der Waals surface area contributed by atoms with Gasteiger partial charge in [-0.1, -0.05) is 30.3 Å². The predicted octanol–water partition coefficient (Wildman–Crippen LogP) is 2.35. The molecule has 0 saturated carbocycles. The van der Waals surface area contributed by atoms with Gasteiger partial charge in [-0.2, -0.15) is 4.72 Å². The highest BCUT2D eigenvalue weighted by atomic mass is 32.2. The Kier molecular flexibility index (Phi) is 6.76. The summed E-state index contributed by atoms with van der Waals surface area (Å²) in [5.74, 6) is -2.83. The molecule has 3 aromatic carbocycles. The SMILES string of the molecule is O=C(COC(=O)CNS(=O)(=O)c1ccc2ccccc2c1)Nc1ccc(F)cc1[N+](=O)[O-]. The smallest absolute Gasteiger partial charge is 0.321 e. The van der Waals surface area contributed by atoms with Gasteiger partial charge in [0.2, 0.25) is 10.0 Å². The van der Waals surface area contributed by atoms with Crippen LogP contribution in [0.25, 0.3) is 10.8 Å². The van der Waals surface area contributed by atoms with Crippen LogP contribution >= 0.6 is 0 Å². The number of hydrogen-bond acceptors (Lipinski definition) is 7. The van der Waals surface area contributed by atoms with Crippen molar-refractivity contribution in [1.29, 1.82) is 0 Å². The first-order valence-corrected chi connectivity index (χ1v) is 10.5.